The second kappa shape index (κ2) is 8.02. The van der Waals surface area contributed by atoms with Crippen molar-refractivity contribution in [2.45, 2.75) is 110 Å². The third-order valence-electron chi connectivity index (χ3n) is 10.8. The lowest BCUT2D eigenvalue weighted by molar-refractivity contribution is 0.0777. The first-order valence-electron chi connectivity index (χ1n) is 13.2. The van der Waals surface area contributed by atoms with Crippen LogP contribution in [-0.2, 0) is 0 Å². The summed E-state index contributed by atoms with van der Waals surface area (Å²) in [5.74, 6) is 11.0. The monoisotopic (exact) mass is 370 g/mol. The standard InChI is InChI=1S/C27H46/c1-18-15-21(25-13-7-5-10-22(18)25)17-20-9-3-4-12-24(20)27-16-19(2)23-11-6-8-14-26(23)27/h18-27H,3-17H2,1-2H3. The Kier molecular flexibility index (Phi) is 5.64. The summed E-state index contributed by atoms with van der Waals surface area (Å²) in [5.41, 5.74) is 0. The molecule has 10 unspecified atom stereocenters. The highest BCUT2D eigenvalue weighted by Gasteiger charge is 2.48. The van der Waals surface area contributed by atoms with Gasteiger partial charge in [0.25, 0.3) is 0 Å². The van der Waals surface area contributed by atoms with Crippen LogP contribution in [-0.4, -0.2) is 0 Å². The highest BCUT2D eigenvalue weighted by atomic mass is 14.5. The Morgan fingerprint density at radius 3 is 1.63 bits per heavy atom. The van der Waals surface area contributed by atoms with Gasteiger partial charge in [-0.15, -0.1) is 0 Å². The van der Waals surface area contributed by atoms with Gasteiger partial charge in [0.2, 0.25) is 0 Å². The summed E-state index contributed by atoms with van der Waals surface area (Å²) in [5, 5.41) is 0. The first-order valence-corrected chi connectivity index (χ1v) is 13.2. The molecule has 154 valence electrons. The maximum absolute atomic E-state index is 2.62. The van der Waals surface area contributed by atoms with Gasteiger partial charge in [0.1, 0.15) is 0 Å². The molecular weight excluding hydrogens is 324 g/mol. The van der Waals surface area contributed by atoms with E-state index in [2.05, 4.69) is 13.8 Å². The van der Waals surface area contributed by atoms with E-state index in [-0.39, 0.29) is 0 Å². The zero-order valence-electron chi connectivity index (χ0n) is 18.4. The molecule has 27 heavy (non-hydrogen) atoms. The summed E-state index contributed by atoms with van der Waals surface area (Å²) in [4.78, 5) is 0. The fraction of sp³-hybridized carbons (Fsp3) is 1.00. The molecule has 0 spiro atoms. The van der Waals surface area contributed by atoms with Crippen LogP contribution in [0.2, 0.25) is 0 Å². The van der Waals surface area contributed by atoms with Gasteiger partial charge < -0.3 is 0 Å². The van der Waals surface area contributed by atoms with Crippen molar-refractivity contribution < 1.29 is 0 Å². The Hall–Kier alpha value is 0. The molecule has 0 aromatic rings. The Morgan fingerprint density at radius 1 is 0.444 bits per heavy atom. The largest absolute Gasteiger partial charge is 0.0622 e. The normalized spacial score (nSPS) is 53.1. The van der Waals surface area contributed by atoms with E-state index >= 15 is 0 Å². The van der Waals surface area contributed by atoms with Crippen LogP contribution in [0.25, 0.3) is 0 Å². The summed E-state index contributed by atoms with van der Waals surface area (Å²) in [6.45, 7) is 5.22. The van der Waals surface area contributed by atoms with Crippen molar-refractivity contribution in [3.8, 4) is 0 Å². The number of fused-ring (bicyclic) bond motifs is 2. The van der Waals surface area contributed by atoms with Crippen molar-refractivity contribution in [3.63, 3.8) is 0 Å². The molecule has 0 bridgehead atoms. The van der Waals surface area contributed by atoms with Gasteiger partial charge >= 0.3 is 0 Å². The topological polar surface area (TPSA) is 0 Å². The first-order chi connectivity index (χ1) is 13.2. The van der Waals surface area contributed by atoms with Gasteiger partial charge in [-0.2, -0.15) is 0 Å². The Labute approximate surface area is 169 Å². The van der Waals surface area contributed by atoms with Crippen molar-refractivity contribution in [1.29, 1.82) is 0 Å². The molecule has 5 rings (SSSR count). The van der Waals surface area contributed by atoms with Crippen molar-refractivity contribution in [3.05, 3.63) is 0 Å². The smallest absolute Gasteiger partial charge is 0.0349 e. The van der Waals surface area contributed by atoms with Crippen molar-refractivity contribution in [2.24, 2.45) is 59.2 Å². The lowest BCUT2D eigenvalue weighted by Crippen LogP contribution is -2.33. The van der Waals surface area contributed by atoms with Crippen molar-refractivity contribution in [1.82, 2.24) is 0 Å². The molecule has 0 aliphatic heterocycles. The molecule has 0 aromatic heterocycles. The minimum Gasteiger partial charge on any atom is -0.0622 e. The summed E-state index contributed by atoms with van der Waals surface area (Å²) < 4.78 is 0. The quantitative estimate of drug-likeness (QED) is 0.470. The van der Waals surface area contributed by atoms with Crippen LogP contribution in [0.5, 0.6) is 0 Å². The molecule has 0 saturated heterocycles. The molecule has 0 N–H and O–H groups in total. The van der Waals surface area contributed by atoms with Crippen LogP contribution in [0.3, 0.4) is 0 Å². The van der Waals surface area contributed by atoms with Crippen LogP contribution < -0.4 is 0 Å². The Morgan fingerprint density at radius 2 is 0.926 bits per heavy atom. The number of rotatable bonds is 3. The van der Waals surface area contributed by atoms with Gasteiger partial charge in [0.05, 0.1) is 0 Å². The van der Waals surface area contributed by atoms with E-state index in [1.54, 1.807) is 83.5 Å². The molecule has 0 amide bonds. The Balaban J connectivity index is 1.29. The van der Waals surface area contributed by atoms with Gasteiger partial charge in [-0.05, 0) is 111 Å². The van der Waals surface area contributed by atoms with E-state index in [4.69, 9.17) is 0 Å². The molecule has 5 aliphatic rings. The zero-order valence-corrected chi connectivity index (χ0v) is 18.4. The Bertz CT molecular complexity index is 494. The third-order valence-corrected chi connectivity index (χ3v) is 10.8. The molecule has 0 radical (unpaired) electrons. The van der Waals surface area contributed by atoms with E-state index in [1.807, 2.05) is 0 Å². The van der Waals surface area contributed by atoms with Gasteiger partial charge in [-0.25, -0.2) is 0 Å². The summed E-state index contributed by atoms with van der Waals surface area (Å²) in [6, 6.07) is 0. The average Bonchev–Trinajstić information content (AvgIpc) is 3.20. The molecular formula is C27H46. The minimum absolute atomic E-state index is 1.04. The molecule has 0 nitrogen and oxygen atoms in total. The van der Waals surface area contributed by atoms with E-state index in [0.717, 1.165) is 59.2 Å². The van der Waals surface area contributed by atoms with E-state index < -0.39 is 0 Å². The SMILES string of the molecule is CC1CC(CC2CCCCC2C2CC(C)C3CCCCC32)C2CCCCC12. The third kappa shape index (κ3) is 3.54. The summed E-state index contributed by atoms with van der Waals surface area (Å²) >= 11 is 0. The van der Waals surface area contributed by atoms with E-state index in [0.29, 0.717) is 0 Å². The highest BCUT2D eigenvalue weighted by molar-refractivity contribution is 4.98. The molecule has 5 fully saturated rings. The molecule has 0 heteroatoms. The van der Waals surface area contributed by atoms with Gasteiger partial charge in [0, 0.05) is 0 Å². The predicted octanol–water partition coefficient (Wildman–Crippen LogP) is 8.11. The van der Waals surface area contributed by atoms with Crippen molar-refractivity contribution >= 4 is 0 Å². The van der Waals surface area contributed by atoms with Gasteiger partial charge in [-0.3, -0.25) is 0 Å². The van der Waals surface area contributed by atoms with E-state index in [1.165, 1.54) is 12.8 Å². The van der Waals surface area contributed by atoms with Gasteiger partial charge in [0.15, 0.2) is 0 Å². The lowest BCUT2D eigenvalue weighted by Gasteiger charge is -2.42. The molecule has 5 aliphatic carbocycles. The second-order valence-corrected chi connectivity index (χ2v) is 12.0. The fourth-order valence-corrected chi connectivity index (χ4v) is 9.76. The first kappa shape index (κ1) is 19.0. The van der Waals surface area contributed by atoms with Crippen LogP contribution in [0.1, 0.15) is 110 Å². The molecule has 10 atom stereocenters. The summed E-state index contributed by atoms with van der Waals surface area (Å²) in [7, 11) is 0. The van der Waals surface area contributed by atoms with Crippen LogP contribution in [0.4, 0.5) is 0 Å². The van der Waals surface area contributed by atoms with Crippen LogP contribution in [0, 0.1) is 59.2 Å². The maximum Gasteiger partial charge on any atom is -0.0349 e. The number of hydrogen-bond donors (Lipinski definition) is 0. The molecule has 0 aromatic carbocycles. The summed E-state index contributed by atoms with van der Waals surface area (Å²) in [6.07, 6.45) is 23.6. The maximum atomic E-state index is 2.62. The number of hydrogen-bond acceptors (Lipinski definition) is 0. The zero-order chi connectivity index (χ0) is 18.4. The van der Waals surface area contributed by atoms with Gasteiger partial charge in [-0.1, -0.05) is 58.8 Å². The molecule has 0 heterocycles. The minimum atomic E-state index is 1.04. The molecule has 5 saturated carbocycles. The average molecular weight is 371 g/mol. The van der Waals surface area contributed by atoms with Crippen molar-refractivity contribution in [2.75, 3.05) is 0 Å². The van der Waals surface area contributed by atoms with Crippen LogP contribution in [0.15, 0.2) is 0 Å². The highest BCUT2D eigenvalue weighted by Crippen LogP contribution is 2.57. The fourth-order valence-electron chi connectivity index (χ4n) is 9.76. The van der Waals surface area contributed by atoms with Crippen LogP contribution >= 0.6 is 0 Å². The van der Waals surface area contributed by atoms with E-state index in [9.17, 15) is 0 Å². The lowest BCUT2D eigenvalue weighted by atomic mass is 9.63. The predicted molar refractivity (Wildman–Crippen MR) is 116 cm³/mol. The second-order valence-electron chi connectivity index (χ2n) is 12.0.